The maximum absolute atomic E-state index is 12.6. The molecule has 1 amide bonds. The predicted octanol–water partition coefficient (Wildman–Crippen LogP) is 2.21. The highest BCUT2D eigenvalue weighted by Crippen LogP contribution is 2.29. The summed E-state index contributed by atoms with van der Waals surface area (Å²) in [4.78, 5) is 14.7. The number of carbonyl (C=O) groups excluding carboxylic acids is 1. The molecule has 6 heteroatoms. The van der Waals surface area contributed by atoms with Gasteiger partial charge in [-0.25, -0.2) is 8.42 Å². The number of likely N-dealkylation sites (tertiary alicyclic amines) is 1. The van der Waals surface area contributed by atoms with Gasteiger partial charge in [-0.15, -0.1) is 0 Å². The number of hydrogen-bond donors (Lipinski definition) is 1. The number of sulfone groups is 1. The molecule has 3 rings (SSSR count). The van der Waals surface area contributed by atoms with Crippen molar-refractivity contribution >= 4 is 15.7 Å². The Hall–Kier alpha value is -1.40. The molecule has 0 bridgehead atoms. The zero-order valence-electron chi connectivity index (χ0n) is 14.0. The van der Waals surface area contributed by atoms with Crippen LogP contribution in [0.5, 0.6) is 0 Å². The smallest absolute Gasteiger partial charge is 0.253 e. The van der Waals surface area contributed by atoms with Gasteiger partial charge in [0.05, 0.1) is 10.1 Å². The van der Waals surface area contributed by atoms with Crippen molar-refractivity contribution in [3.8, 4) is 0 Å². The van der Waals surface area contributed by atoms with Crippen molar-refractivity contribution in [3.63, 3.8) is 0 Å². The molecular formula is C18H26N2O3S. The van der Waals surface area contributed by atoms with Crippen LogP contribution in [0.4, 0.5) is 0 Å². The molecule has 2 aliphatic rings. The molecule has 2 fully saturated rings. The summed E-state index contributed by atoms with van der Waals surface area (Å²) >= 11 is 0. The van der Waals surface area contributed by atoms with Gasteiger partial charge in [0.2, 0.25) is 0 Å². The van der Waals surface area contributed by atoms with Gasteiger partial charge in [0.1, 0.15) is 0 Å². The zero-order valence-corrected chi connectivity index (χ0v) is 14.8. The van der Waals surface area contributed by atoms with Crippen LogP contribution in [0.25, 0.3) is 0 Å². The second-order valence-electron chi connectivity index (χ2n) is 6.95. The van der Waals surface area contributed by atoms with E-state index >= 15 is 0 Å². The van der Waals surface area contributed by atoms with E-state index in [9.17, 15) is 13.2 Å². The van der Waals surface area contributed by atoms with Crippen LogP contribution in [-0.2, 0) is 9.84 Å². The van der Waals surface area contributed by atoms with Crippen molar-refractivity contribution in [2.24, 2.45) is 11.7 Å². The summed E-state index contributed by atoms with van der Waals surface area (Å²) in [5.74, 6) is 0.489. The second kappa shape index (κ2) is 7.23. The van der Waals surface area contributed by atoms with E-state index in [1.165, 1.54) is 0 Å². The van der Waals surface area contributed by atoms with E-state index in [4.69, 9.17) is 5.73 Å². The molecule has 1 aliphatic heterocycles. The number of nitrogens with two attached hydrogens (primary N) is 1. The van der Waals surface area contributed by atoms with Gasteiger partial charge in [-0.1, -0.05) is 12.8 Å². The molecule has 1 heterocycles. The van der Waals surface area contributed by atoms with Crippen LogP contribution in [0.2, 0.25) is 0 Å². The molecule has 1 aliphatic carbocycles. The van der Waals surface area contributed by atoms with Crippen LogP contribution in [0.15, 0.2) is 29.2 Å². The minimum atomic E-state index is -3.26. The van der Waals surface area contributed by atoms with Crippen molar-refractivity contribution in [1.29, 1.82) is 0 Å². The number of carbonyl (C=O) groups is 1. The van der Waals surface area contributed by atoms with Gasteiger partial charge >= 0.3 is 0 Å². The third-order valence-electron chi connectivity index (χ3n) is 5.41. The Kier molecular flexibility index (Phi) is 5.25. The normalized spacial score (nSPS) is 20.5. The number of amides is 1. The lowest BCUT2D eigenvalue weighted by atomic mass is 9.96. The lowest BCUT2D eigenvalue weighted by Gasteiger charge is -2.31. The maximum Gasteiger partial charge on any atom is 0.253 e. The summed E-state index contributed by atoms with van der Waals surface area (Å²) in [6.45, 7) is 2.13. The van der Waals surface area contributed by atoms with Gasteiger partial charge in [-0.05, 0) is 62.4 Å². The number of nitrogens with zero attached hydrogens (tertiary/aromatic N) is 1. The highest BCUT2D eigenvalue weighted by molar-refractivity contribution is 7.92. The number of piperidine rings is 1. The van der Waals surface area contributed by atoms with Crippen LogP contribution >= 0.6 is 0 Å². The Morgan fingerprint density at radius 2 is 1.62 bits per heavy atom. The minimum absolute atomic E-state index is 0.0183. The zero-order chi connectivity index (χ0) is 17.2. The maximum atomic E-state index is 12.6. The predicted molar refractivity (Wildman–Crippen MR) is 93.6 cm³/mol. The first-order valence-electron chi connectivity index (χ1n) is 8.85. The first kappa shape index (κ1) is 17.4. The fourth-order valence-electron chi connectivity index (χ4n) is 3.73. The highest BCUT2D eigenvalue weighted by Gasteiger charge is 2.30. The number of rotatable bonds is 4. The second-order valence-corrected chi connectivity index (χ2v) is 9.18. The molecule has 1 saturated heterocycles. The molecule has 2 N–H and O–H groups in total. The van der Waals surface area contributed by atoms with E-state index in [0.717, 1.165) is 51.6 Å². The third-order valence-corrected chi connectivity index (χ3v) is 7.68. The lowest BCUT2D eigenvalue weighted by Crippen LogP contribution is -2.40. The highest BCUT2D eigenvalue weighted by atomic mass is 32.2. The van der Waals surface area contributed by atoms with Gasteiger partial charge in [-0.2, -0.15) is 0 Å². The minimum Gasteiger partial charge on any atom is -0.339 e. The van der Waals surface area contributed by atoms with Crippen molar-refractivity contribution < 1.29 is 13.2 Å². The largest absolute Gasteiger partial charge is 0.339 e. The molecule has 1 aromatic rings. The fourth-order valence-corrected chi connectivity index (χ4v) is 5.59. The van der Waals surface area contributed by atoms with E-state index < -0.39 is 9.84 Å². The number of benzene rings is 1. The Morgan fingerprint density at radius 3 is 2.17 bits per heavy atom. The van der Waals surface area contributed by atoms with Crippen molar-refractivity contribution in [3.05, 3.63) is 29.8 Å². The fraction of sp³-hybridized carbons (Fsp3) is 0.611. The third kappa shape index (κ3) is 3.49. The summed E-state index contributed by atoms with van der Waals surface area (Å²) < 4.78 is 25.2. The van der Waals surface area contributed by atoms with Crippen molar-refractivity contribution in [1.82, 2.24) is 4.90 Å². The average Bonchev–Trinajstić information content (AvgIpc) is 3.17. The van der Waals surface area contributed by atoms with Crippen LogP contribution in [0, 0.1) is 5.92 Å². The van der Waals surface area contributed by atoms with Crippen molar-refractivity contribution in [2.45, 2.75) is 48.7 Å². The Bertz CT molecular complexity index is 671. The van der Waals surface area contributed by atoms with Crippen molar-refractivity contribution in [2.75, 3.05) is 19.6 Å². The Morgan fingerprint density at radius 1 is 1.04 bits per heavy atom. The molecule has 24 heavy (non-hydrogen) atoms. The molecule has 0 atom stereocenters. The van der Waals surface area contributed by atoms with Crippen LogP contribution in [0.3, 0.4) is 0 Å². The molecule has 0 spiro atoms. The quantitative estimate of drug-likeness (QED) is 0.903. The molecule has 1 saturated carbocycles. The summed E-state index contributed by atoms with van der Waals surface area (Å²) in [5.41, 5.74) is 6.25. The first-order valence-corrected chi connectivity index (χ1v) is 10.4. The van der Waals surface area contributed by atoms with Gasteiger partial charge in [-0.3, -0.25) is 4.79 Å². The van der Waals surface area contributed by atoms with Crippen LogP contribution < -0.4 is 5.73 Å². The standard InChI is InChI=1S/C18H26N2O3S/c19-13-14-9-11-20(12-10-14)18(21)15-5-7-17(8-6-15)24(22,23)16-3-1-2-4-16/h5-8,14,16H,1-4,9-13,19H2. The van der Waals surface area contributed by atoms with Gasteiger partial charge < -0.3 is 10.6 Å². The van der Waals surface area contributed by atoms with Gasteiger partial charge in [0.25, 0.3) is 5.91 Å². The van der Waals surface area contributed by atoms with E-state index in [-0.39, 0.29) is 11.2 Å². The summed E-state index contributed by atoms with van der Waals surface area (Å²) in [5, 5.41) is -0.255. The summed E-state index contributed by atoms with van der Waals surface area (Å²) in [6, 6.07) is 6.49. The lowest BCUT2D eigenvalue weighted by molar-refractivity contribution is 0.0693. The van der Waals surface area contributed by atoms with Gasteiger partial charge in [0.15, 0.2) is 9.84 Å². The molecule has 132 valence electrons. The van der Waals surface area contributed by atoms with E-state index in [0.29, 0.717) is 22.9 Å². The topological polar surface area (TPSA) is 80.5 Å². The van der Waals surface area contributed by atoms with Crippen LogP contribution in [0.1, 0.15) is 48.9 Å². The van der Waals surface area contributed by atoms with E-state index in [1.54, 1.807) is 24.3 Å². The molecule has 0 radical (unpaired) electrons. The summed E-state index contributed by atoms with van der Waals surface area (Å²) in [7, 11) is -3.26. The Labute approximate surface area is 144 Å². The molecule has 0 unspecified atom stereocenters. The van der Waals surface area contributed by atoms with E-state index in [1.807, 2.05) is 4.90 Å². The van der Waals surface area contributed by atoms with E-state index in [2.05, 4.69) is 0 Å². The van der Waals surface area contributed by atoms with Crippen LogP contribution in [-0.4, -0.2) is 44.1 Å². The first-order chi connectivity index (χ1) is 11.5. The van der Waals surface area contributed by atoms with Gasteiger partial charge in [0, 0.05) is 18.7 Å². The molecule has 1 aromatic carbocycles. The number of hydrogen-bond acceptors (Lipinski definition) is 4. The molecule has 0 aromatic heterocycles. The Balaban J connectivity index is 1.69. The SMILES string of the molecule is NCC1CCN(C(=O)c2ccc(S(=O)(=O)C3CCCC3)cc2)CC1. The average molecular weight is 350 g/mol. The summed E-state index contributed by atoms with van der Waals surface area (Å²) in [6.07, 6.45) is 5.35. The monoisotopic (exact) mass is 350 g/mol. The molecular weight excluding hydrogens is 324 g/mol. The molecule has 5 nitrogen and oxygen atoms in total.